The van der Waals surface area contributed by atoms with Gasteiger partial charge in [0.2, 0.25) is 0 Å². The minimum Gasteiger partial charge on any atom is -0.216 e. The molecule has 0 saturated heterocycles. The maximum Gasteiger partial charge on any atom is 0.312 e. The van der Waals surface area contributed by atoms with Crippen LogP contribution in [0.5, 0.6) is 0 Å². The Balaban J connectivity index is 4.00. The standard InChI is InChI=1S/C6H14N2O3/c1-5(2)7(6(3)4)11-8(9)10/h5-6H,1-4H3. The van der Waals surface area contributed by atoms with Crippen molar-refractivity contribution < 1.29 is 10.0 Å². The number of hydroxylamine groups is 2. The highest BCUT2D eigenvalue weighted by Gasteiger charge is 2.16. The summed E-state index contributed by atoms with van der Waals surface area (Å²) in [7, 11) is 0. The predicted octanol–water partition coefficient (Wildman–Crippen LogP) is 1.23. The van der Waals surface area contributed by atoms with Crippen LogP contribution in [0.2, 0.25) is 0 Å². The van der Waals surface area contributed by atoms with Gasteiger partial charge in [-0.2, -0.15) is 0 Å². The van der Waals surface area contributed by atoms with Gasteiger partial charge in [0.25, 0.3) is 0 Å². The van der Waals surface area contributed by atoms with Crippen LogP contribution in [0.4, 0.5) is 0 Å². The summed E-state index contributed by atoms with van der Waals surface area (Å²) in [4.78, 5) is 14.3. The smallest absolute Gasteiger partial charge is 0.216 e. The van der Waals surface area contributed by atoms with Crippen LogP contribution in [0.1, 0.15) is 27.7 Å². The quantitative estimate of drug-likeness (QED) is 0.460. The molecule has 5 nitrogen and oxygen atoms in total. The Morgan fingerprint density at radius 2 is 1.64 bits per heavy atom. The monoisotopic (exact) mass is 162 g/mol. The van der Waals surface area contributed by atoms with Gasteiger partial charge >= 0.3 is 5.09 Å². The van der Waals surface area contributed by atoms with Crippen LogP contribution in [0.15, 0.2) is 0 Å². The molecule has 0 bridgehead atoms. The molecule has 0 aromatic carbocycles. The van der Waals surface area contributed by atoms with Crippen molar-refractivity contribution in [3.63, 3.8) is 0 Å². The molecule has 5 heteroatoms. The molecule has 0 N–H and O–H groups in total. The van der Waals surface area contributed by atoms with Crippen molar-refractivity contribution in [1.82, 2.24) is 5.06 Å². The highest BCUT2D eigenvalue weighted by Crippen LogP contribution is 2.04. The molecule has 11 heavy (non-hydrogen) atoms. The lowest BCUT2D eigenvalue weighted by atomic mass is 10.3. The van der Waals surface area contributed by atoms with Crippen LogP contribution in [0.3, 0.4) is 0 Å². The van der Waals surface area contributed by atoms with Crippen LogP contribution < -0.4 is 0 Å². The maximum atomic E-state index is 9.96. The molecule has 0 aromatic heterocycles. The molecule has 66 valence electrons. The van der Waals surface area contributed by atoms with Crippen molar-refractivity contribution >= 4 is 0 Å². The third-order valence-corrected chi connectivity index (χ3v) is 1.18. The van der Waals surface area contributed by atoms with Crippen molar-refractivity contribution in [2.45, 2.75) is 39.8 Å². The highest BCUT2D eigenvalue weighted by atomic mass is 17.0. The molecule has 0 heterocycles. The van der Waals surface area contributed by atoms with Crippen LogP contribution in [0, 0.1) is 10.1 Å². The number of rotatable bonds is 4. The zero-order valence-corrected chi connectivity index (χ0v) is 7.27. The summed E-state index contributed by atoms with van der Waals surface area (Å²) < 4.78 is 0. The van der Waals surface area contributed by atoms with E-state index in [0.29, 0.717) is 0 Å². The molecule has 0 unspecified atom stereocenters. The van der Waals surface area contributed by atoms with E-state index >= 15 is 0 Å². The van der Waals surface area contributed by atoms with Crippen LogP contribution in [0.25, 0.3) is 0 Å². The first-order valence-electron chi connectivity index (χ1n) is 3.56. The van der Waals surface area contributed by atoms with Gasteiger partial charge < -0.3 is 0 Å². The van der Waals surface area contributed by atoms with Crippen molar-refractivity contribution in [1.29, 1.82) is 0 Å². The average molecular weight is 162 g/mol. The van der Waals surface area contributed by atoms with E-state index in [0.717, 1.165) is 0 Å². The van der Waals surface area contributed by atoms with Crippen LogP contribution in [-0.2, 0) is 4.94 Å². The Hall–Kier alpha value is -0.840. The van der Waals surface area contributed by atoms with Gasteiger partial charge in [-0.05, 0) is 27.7 Å². The Morgan fingerprint density at radius 1 is 1.27 bits per heavy atom. The van der Waals surface area contributed by atoms with E-state index in [1.54, 1.807) is 0 Å². The summed E-state index contributed by atoms with van der Waals surface area (Å²) in [6, 6.07) is 0.0285. The van der Waals surface area contributed by atoms with Gasteiger partial charge in [0.05, 0.1) is 0 Å². The van der Waals surface area contributed by atoms with Crippen LogP contribution in [-0.4, -0.2) is 22.2 Å². The van der Waals surface area contributed by atoms with Gasteiger partial charge in [-0.1, -0.05) is 0 Å². The van der Waals surface area contributed by atoms with Crippen LogP contribution >= 0.6 is 0 Å². The summed E-state index contributed by atoms with van der Waals surface area (Å²) in [6.45, 7) is 7.35. The third kappa shape index (κ3) is 3.77. The first-order valence-corrected chi connectivity index (χ1v) is 3.56. The summed E-state index contributed by atoms with van der Waals surface area (Å²) in [6.07, 6.45) is 0. The van der Waals surface area contributed by atoms with Crippen molar-refractivity contribution in [3.8, 4) is 0 Å². The zero-order chi connectivity index (χ0) is 9.02. The molecule has 0 atom stereocenters. The van der Waals surface area contributed by atoms with Gasteiger partial charge in [-0.3, -0.25) is 0 Å². The first-order chi connectivity index (χ1) is 4.95. The molecule has 0 fully saturated rings. The summed E-state index contributed by atoms with van der Waals surface area (Å²) in [5.41, 5.74) is 0. The second-order valence-electron chi connectivity index (χ2n) is 2.85. The third-order valence-electron chi connectivity index (χ3n) is 1.18. The topological polar surface area (TPSA) is 55.6 Å². The van der Waals surface area contributed by atoms with Gasteiger partial charge in [0.15, 0.2) is 0 Å². The molecular weight excluding hydrogens is 148 g/mol. The van der Waals surface area contributed by atoms with E-state index in [-0.39, 0.29) is 12.1 Å². The van der Waals surface area contributed by atoms with E-state index in [1.807, 2.05) is 27.7 Å². The van der Waals surface area contributed by atoms with Gasteiger partial charge in [-0.15, -0.1) is 15.2 Å². The van der Waals surface area contributed by atoms with E-state index in [1.165, 1.54) is 5.06 Å². The molecule has 0 aliphatic carbocycles. The fourth-order valence-corrected chi connectivity index (χ4v) is 0.862. The zero-order valence-electron chi connectivity index (χ0n) is 7.27. The normalized spacial score (nSPS) is 11.2. The van der Waals surface area contributed by atoms with E-state index in [9.17, 15) is 10.1 Å². The van der Waals surface area contributed by atoms with Crippen molar-refractivity contribution in [2.75, 3.05) is 0 Å². The molecule has 0 aliphatic heterocycles. The van der Waals surface area contributed by atoms with Crippen molar-refractivity contribution in [3.05, 3.63) is 10.1 Å². The van der Waals surface area contributed by atoms with Crippen molar-refractivity contribution in [2.24, 2.45) is 0 Å². The summed E-state index contributed by atoms with van der Waals surface area (Å²) in [5.74, 6) is 0. The molecule has 0 rings (SSSR count). The molecule has 0 aromatic rings. The van der Waals surface area contributed by atoms with Gasteiger partial charge in [0.1, 0.15) is 0 Å². The van der Waals surface area contributed by atoms with E-state index in [2.05, 4.69) is 4.94 Å². The Morgan fingerprint density at radius 3 is 1.73 bits per heavy atom. The van der Waals surface area contributed by atoms with E-state index < -0.39 is 5.09 Å². The Bertz CT molecular complexity index is 128. The lowest BCUT2D eigenvalue weighted by Gasteiger charge is -2.25. The highest BCUT2D eigenvalue weighted by molar-refractivity contribution is 4.55. The molecule has 0 saturated carbocycles. The van der Waals surface area contributed by atoms with Gasteiger partial charge in [-0.25, -0.2) is 4.94 Å². The molecule has 0 spiro atoms. The molecule has 0 aliphatic rings. The number of hydrogen-bond donors (Lipinski definition) is 0. The first kappa shape index (κ1) is 10.2. The largest absolute Gasteiger partial charge is 0.312 e. The van der Waals surface area contributed by atoms with Gasteiger partial charge in [0, 0.05) is 12.1 Å². The molecular formula is C6H14N2O3. The minimum absolute atomic E-state index is 0.0143. The SMILES string of the molecule is CC(C)N(O[N+](=O)[O-])C(C)C. The molecule has 0 radical (unpaired) electrons. The Labute approximate surface area is 66.0 Å². The summed E-state index contributed by atoms with van der Waals surface area (Å²) >= 11 is 0. The summed E-state index contributed by atoms with van der Waals surface area (Å²) in [5, 5.41) is 10.5. The second-order valence-corrected chi connectivity index (χ2v) is 2.85. The van der Waals surface area contributed by atoms with E-state index in [4.69, 9.17) is 0 Å². The maximum absolute atomic E-state index is 9.96. The second kappa shape index (κ2) is 4.12. The average Bonchev–Trinajstić information content (AvgIpc) is 1.81. The fourth-order valence-electron chi connectivity index (χ4n) is 0.862. The Kier molecular flexibility index (Phi) is 3.81. The number of hydrogen-bond acceptors (Lipinski definition) is 4. The number of nitrogens with zero attached hydrogens (tertiary/aromatic N) is 2. The predicted molar refractivity (Wildman–Crippen MR) is 40.2 cm³/mol. The lowest BCUT2D eigenvalue weighted by Crippen LogP contribution is -2.38. The fraction of sp³-hybridized carbons (Fsp3) is 1.00. The minimum atomic E-state index is -0.792. The molecule has 0 amide bonds. The lowest BCUT2D eigenvalue weighted by molar-refractivity contribution is -0.815.